The van der Waals surface area contributed by atoms with Crippen molar-refractivity contribution in [1.82, 2.24) is 20.3 Å². The molecule has 0 unspecified atom stereocenters. The topological polar surface area (TPSA) is 89.0 Å². The summed E-state index contributed by atoms with van der Waals surface area (Å²) in [6.07, 6.45) is 7.60. The number of carbonyl (C=O) groups excluding carboxylic acids is 1. The van der Waals surface area contributed by atoms with E-state index in [1.165, 1.54) is 0 Å². The number of alkyl halides is 1. The number of anilines is 1. The summed E-state index contributed by atoms with van der Waals surface area (Å²) in [4.78, 5) is 25.7. The standard InChI is InChI=1S/C22H27ClFN5O2/c23-18-11-27-16(9-20(30)15-2-1-5-25-10-15)8-17(18)19-12-26-13-21(29-19)28-14-22(24)3-6-31-7-4-22/h8,11-13,15,25H,1-7,9-10,14H2,(H,28,29)/t15-/m1/s1. The Kier molecular flexibility index (Phi) is 7.09. The number of piperidine rings is 1. The highest BCUT2D eigenvalue weighted by Gasteiger charge is 2.32. The van der Waals surface area contributed by atoms with Crippen molar-refractivity contribution in [2.75, 3.05) is 38.2 Å². The van der Waals surface area contributed by atoms with Gasteiger partial charge in [0.1, 0.15) is 17.3 Å². The number of hydrogen-bond donors (Lipinski definition) is 2. The molecule has 2 saturated heterocycles. The van der Waals surface area contributed by atoms with Crippen LogP contribution in [0.3, 0.4) is 0 Å². The number of pyridine rings is 1. The van der Waals surface area contributed by atoms with Crippen LogP contribution < -0.4 is 10.6 Å². The van der Waals surface area contributed by atoms with Crippen molar-refractivity contribution >= 4 is 23.2 Å². The van der Waals surface area contributed by atoms with E-state index in [1.807, 2.05) is 0 Å². The molecular formula is C22H27ClFN5O2. The van der Waals surface area contributed by atoms with Gasteiger partial charge in [-0.1, -0.05) is 11.6 Å². The van der Waals surface area contributed by atoms with E-state index in [2.05, 4.69) is 25.6 Å². The average molecular weight is 448 g/mol. The molecular weight excluding hydrogens is 421 g/mol. The number of Topliss-reactive ketones (excluding diaryl/α,β-unsaturated/α-hetero) is 1. The molecule has 0 aromatic carbocycles. The normalized spacial score (nSPS) is 20.9. The number of nitrogens with zero attached hydrogens (tertiary/aromatic N) is 3. The lowest BCUT2D eigenvalue weighted by atomic mass is 9.92. The highest BCUT2D eigenvalue weighted by Crippen LogP contribution is 2.29. The van der Waals surface area contributed by atoms with Gasteiger partial charge in [0.05, 0.1) is 29.7 Å². The van der Waals surface area contributed by atoms with Crippen molar-refractivity contribution in [2.45, 2.75) is 37.8 Å². The van der Waals surface area contributed by atoms with Crippen LogP contribution in [0, 0.1) is 5.92 Å². The molecule has 0 radical (unpaired) electrons. The van der Waals surface area contributed by atoms with E-state index < -0.39 is 5.67 Å². The number of carbonyl (C=O) groups is 1. The molecule has 4 rings (SSSR count). The average Bonchev–Trinajstić information content (AvgIpc) is 2.80. The molecule has 2 aromatic rings. The molecule has 0 bridgehead atoms. The van der Waals surface area contributed by atoms with Gasteiger partial charge in [-0.05, 0) is 25.5 Å². The number of halogens is 2. The highest BCUT2D eigenvalue weighted by molar-refractivity contribution is 6.33. The summed E-state index contributed by atoms with van der Waals surface area (Å²) in [5.41, 5.74) is 0.537. The monoisotopic (exact) mass is 447 g/mol. The third-order valence-corrected chi connectivity index (χ3v) is 6.21. The summed E-state index contributed by atoms with van der Waals surface area (Å²) >= 11 is 6.37. The van der Waals surface area contributed by atoms with Crippen LogP contribution >= 0.6 is 11.6 Å². The van der Waals surface area contributed by atoms with Crippen molar-refractivity contribution < 1.29 is 13.9 Å². The van der Waals surface area contributed by atoms with Crippen LogP contribution in [0.1, 0.15) is 31.4 Å². The number of ether oxygens (including phenoxy) is 1. The zero-order valence-electron chi connectivity index (χ0n) is 17.4. The molecule has 7 nitrogen and oxygen atoms in total. The number of rotatable bonds is 7. The Morgan fingerprint density at radius 2 is 2.16 bits per heavy atom. The zero-order chi connectivity index (χ0) is 21.7. The third-order valence-electron chi connectivity index (χ3n) is 5.91. The second kappa shape index (κ2) is 9.97. The van der Waals surface area contributed by atoms with Crippen molar-refractivity contribution in [3.05, 3.63) is 35.4 Å². The minimum absolute atomic E-state index is 0.0280. The van der Waals surface area contributed by atoms with E-state index >= 15 is 0 Å². The van der Waals surface area contributed by atoms with Crippen LogP contribution in [-0.2, 0) is 16.0 Å². The van der Waals surface area contributed by atoms with Gasteiger partial charge in [0.2, 0.25) is 0 Å². The summed E-state index contributed by atoms with van der Waals surface area (Å²) in [5, 5.41) is 6.75. The van der Waals surface area contributed by atoms with Crippen LogP contribution in [0.4, 0.5) is 10.2 Å². The van der Waals surface area contributed by atoms with Gasteiger partial charge in [-0.15, -0.1) is 0 Å². The molecule has 0 amide bonds. The van der Waals surface area contributed by atoms with E-state index in [0.717, 1.165) is 25.9 Å². The fourth-order valence-corrected chi connectivity index (χ4v) is 4.17. The predicted molar refractivity (Wildman–Crippen MR) is 117 cm³/mol. The molecule has 0 saturated carbocycles. The Morgan fingerprint density at radius 1 is 1.32 bits per heavy atom. The van der Waals surface area contributed by atoms with Crippen molar-refractivity contribution in [1.29, 1.82) is 0 Å². The van der Waals surface area contributed by atoms with Crippen LogP contribution in [0.15, 0.2) is 24.7 Å². The second-order valence-electron chi connectivity index (χ2n) is 8.25. The summed E-state index contributed by atoms with van der Waals surface area (Å²) in [7, 11) is 0. The third kappa shape index (κ3) is 5.75. The van der Waals surface area contributed by atoms with E-state index in [4.69, 9.17) is 16.3 Å². The van der Waals surface area contributed by atoms with Gasteiger partial charge in [-0.2, -0.15) is 0 Å². The summed E-state index contributed by atoms with van der Waals surface area (Å²) < 4.78 is 20.1. The molecule has 0 aliphatic carbocycles. The first-order valence-corrected chi connectivity index (χ1v) is 11.1. The maximum Gasteiger partial charge on any atom is 0.145 e. The Bertz CT molecular complexity index is 917. The first-order valence-electron chi connectivity index (χ1n) is 10.7. The largest absolute Gasteiger partial charge is 0.381 e. The summed E-state index contributed by atoms with van der Waals surface area (Å²) in [6, 6.07) is 1.79. The van der Waals surface area contributed by atoms with Crippen molar-refractivity contribution in [3.8, 4) is 11.3 Å². The predicted octanol–water partition coefficient (Wildman–Crippen LogP) is 3.23. The van der Waals surface area contributed by atoms with E-state index in [9.17, 15) is 9.18 Å². The van der Waals surface area contributed by atoms with E-state index in [0.29, 0.717) is 53.8 Å². The Balaban J connectivity index is 1.46. The number of aromatic nitrogens is 3. The van der Waals surface area contributed by atoms with Gasteiger partial charge in [0, 0.05) is 62.4 Å². The van der Waals surface area contributed by atoms with Crippen LogP contribution in [0.2, 0.25) is 5.02 Å². The quantitative estimate of drug-likeness (QED) is 0.673. The zero-order valence-corrected chi connectivity index (χ0v) is 18.1. The molecule has 31 heavy (non-hydrogen) atoms. The highest BCUT2D eigenvalue weighted by atomic mass is 35.5. The van der Waals surface area contributed by atoms with E-state index in [-0.39, 0.29) is 24.7 Å². The second-order valence-corrected chi connectivity index (χ2v) is 8.66. The summed E-state index contributed by atoms with van der Waals surface area (Å²) in [5.74, 6) is 0.680. The molecule has 0 spiro atoms. The number of nitrogens with one attached hydrogen (secondary N) is 2. The van der Waals surface area contributed by atoms with Gasteiger partial charge >= 0.3 is 0 Å². The van der Waals surface area contributed by atoms with Crippen molar-refractivity contribution in [3.63, 3.8) is 0 Å². The van der Waals surface area contributed by atoms with Gasteiger partial charge in [0.25, 0.3) is 0 Å². The van der Waals surface area contributed by atoms with Crippen molar-refractivity contribution in [2.24, 2.45) is 5.92 Å². The van der Waals surface area contributed by atoms with Crippen LogP contribution in [0.5, 0.6) is 0 Å². The number of ketones is 1. The maximum atomic E-state index is 14.8. The smallest absolute Gasteiger partial charge is 0.145 e. The molecule has 9 heteroatoms. The van der Waals surface area contributed by atoms with Gasteiger partial charge in [-0.3, -0.25) is 14.8 Å². The molecule has 2 aliphatic rings. The fourth-order valence-electron chi connectivity index (χ4n) is 3.97. The molecule has 2 aromatic heterocycles. The SMILES string of the molecule is O=C(Cc1cc(-c2cncc(NCC3(F)CCOCC3)n2)c(Cl)cn1)[C@@H]1CCCNC1. The van der Waals surface area contributed by atoms with Gasteiger partial charge < -0.3 is 15.4 Å². The van der Waals surface area contributed by atoms with Gasteiger partial charge in [-0.25, -0.2) is 9.37 Å². The minimum Gasteiger partial charge on any atom is -0.381 e. The first kappa shape index (κ1) is 22.0. The molecule has 2 fully saturated rings. The lowest BCUT2D eigenvalue weighted by molar-refractivity contribution is -0.122. The number of hydrogen-bond acceptors (Lipinski definition) is 7. The Morgan fingerprint density at radius 3 is 2.94 bits per heavy atom. The molecule has 2 aliphatic heterocycles. The molecule has 4 heterocycles. The van der Waals surface area contributed by atoms with E-state index in [1.54, 1.807) is 24.7 Å². The van der Waals surface area contributed by atoms with Gasteiger partial charge in [0.15, 0.2) is 0 Å². The summed E-state index contributed by atoms with van der Waals surface area (Å²) in [6.45, 7) is 2.69. The lowest BCUT2D eigenvalue weighted by Gasteiger charge is -2.29. The molecule has 1 atom stereocenters. The molecule has 2 N–H and O–H groups in total. The Hall–Kier alpha value is -2.16. The fraction of sp³-hybridized carbons (Fsp3) is 0.545. The minimum atomic E-state index is -1.31. The van der Waals surface area contributed by atoms with Crippen LogP contribution in [-0.4, -0.2) is 59.3 Å². The first-order chi connectivity index (χ1) is 15.0. The van der Waals surface area contributed by atoms with Crippen LogP contribution in [0.25, 0.3) is 11.3 Å². The Labute approximate surface area is 186 Å². The maximum absolute atomic E-state index is 14.8. The molecule has 166 valence electrons. The lowest BCUT2D eigenvalue weighted by Crippen LogP contribution is -2.38.